The number of pyridine rings is 1. The standard InChI is InChI=1S/C19H19N5O/c1-24(12-9-15-7-10-20-11-8-15)18(25)16-13-21-19(22-14-16)23-17-5-3-2-4-6-17/h2-8,10-11,13-14H,9,12H2,1H3,(H,21,22,23). The number of nitrogens with zero attached hydrogens (tertiary/aromatic N) is 4. The van der Waals surface area contributed by atoms with Gasteiger partial charge in [-0.15, -0.1) is 0 Å². The topological polar surface area (TPSA) is 71.0 Å². The molecule has 6 heteroatoms. The molecule has 3 rings (SSSR count). The van der Waals surface area contributed by atoms with Gasteiger partial charge in [0.25, 0.3) is 5.91 Å². The SMILES string of the molecule is CN(CCc1ccncc1)C(=O)c1cnc(Nc2ccccc2)nc1. The van der Waals surface area contributed by atoms with Crippen molar-refractivity contribution in [1.29, 1.82) is 0 Å². The van der Waals surface area contributed by atoms with Crippen molar-refractivity contribution in [3.63, 3.8) is 0 Å². The molecular weight excluding hydrogens is 314 g/mol. The Balaban J connectivity index is 1.58. The van der Waals surface area contributed by atoms with Gasteiger partial charge in [0.1, 0.15) is 0 Å². The number of amides is 1. The van der Waals surface area contributed by atoms with Gasteiger partial charge >= 0.3 is 0 Å². The first-order valence-corrected chi connectivity index (χ1v) is 8.01. The third-order valence-electron chi connectivity index (χ3n) is 3.76. The molecule has 0 spiro atoms. The fraction of sp³-hybridized carbons (Fsp3) is 0.158. The average Bonchev–Trinajstić information content (AvgIpc) is 2.68. The van der Waals surface area contributed by atoms with Gasteiger partial charge in [-0.3, -0.25) is 9.78 Å². The van der Waals surface area contributed by atoms with Gasteiger partial charge in [-0.1, -0.05) is 18.2 Å². The largest absolute Gasteiger partial charge is 0.341 e. The number of hydrogen-bond acceptors (Lipinski definition) is 5. The van der Waals surface area contributed by atoms with Crippen LogP contribution in [0.3, 0.4) is 0 Å². The lowest BCUT2D eigenvalue weighted by molar-refractivity contribution is 0.0796. The number of hydrogen-bond donors (Lipinski definition) is 1. The second-order valence-electron chi connectivity index (χ2n) is 5.62. The van der Waals surface area contributed by atoms with E-state index in [1.54, 1.807) is 36.7 Å². The first kappa shape index (κ1) is 16.6. The first-order valence-electron chi connectivity index (χ1n) is 8.01. The van der Waals surface area contributed by atoms with Crippen molar-refractivity contribution in [1.82, 2.24) is 19.9 Å². The summed E-state index contributed by atoms with van der Waals surface area (Å²) in [5, 5.41) is 3.09. The summed E-state index contributed by atoms with van der Waals surface area (Å²) in [5.41, 5.74) is 2.51. The van der Waals surface area contributed by atoms with Crippen molar-refractivity contribution in [2.45, 2.75) is 6.42 Å². The molecule has 0 aliphatic carbocycles. The normalized spacial score (nSPS) is 10.3. The van der Waals surface area contributed by atoms with E-state index in [1.165, 1.54) is 0 Å². The van der Waals surface area contributed by atoms with E-state index >= 15 is 0 Å². The van der Waals surface area contributed by atoms with Gasteiger partial charge in [0.05, 0.1) is 5.56 Å². The summed E-state index contributed by atoms with van der Waals surface area (Å²) >= 11 is 0. The van der Waals surface area contributed by atoms with E-state index in [4.69, 9.17) is 0 Å². The maximum Gasteiger partial charge on any atom is 0.256 e. The number of nitrogens with one attached hydrogen (secondary N) is 1. The molecule has 0 aliphatic heterocycles. The summed E-state index contributed by atoms with van der Waals surface area (Å²) in [6.07, 6.45) is 7.37. The van der Waals surface area contributed by atoms with Crippen molar-refractivity contribution in [2.75, 3.05) is 18.9 Å². The molecule has 0 saturated heterocycles. The maximum absolute atomic E-state index is 12.4. The lowest BCUT2D eigenvalue weighted by atomic mass is 10.2. The zero-order valence-corrected chi connectivity index (χ0v) is 14.0. The molecule has 0 aliphatic rings. The van der Waals surface area contributed by atoms with E-state index in [-0.39, 0.29) is 5.91 Å². The molecule has 2 aromatic heterocycles. The number of benzene rings is 1. The number of para-hydroxylation sites is 1. The Hall–Kier alpha value is -3.28. The van der Waals surface area contributed by atoms with Crippen molar-refractivity contribution < 1.29 is 4.79 Å². The molecule has 0 saturated carbocycles. The predicted molar refractivity (Wildman–Crippen MR) is 96.7 cm³/mol. The summed E-state index contributed by atoms with van der Waals surface area (Å²) in [6.45, 7) is 0.618. The molecule has 0 unspecified atom stereocenters. The molecule has 6 nitrogen and oxygen atoms in total. The summed E-state index contributed by atoms with van der Waals surface area (Å²) < 4.78 is 0. The fourth-order valence-corrected chi connectivity index (χ4v) is 2.32. The quantitative estimate of drug-likeness (QED) is 0.751. The molecule has 126 valence electrons. The van der Waals surface area contributed by atoms with E-state index in [2.05, 4.69) is 20.3 Å². The lowest BCUT2D eigenvalue weighted by Crippen LogP contribution is -2.29. The first-order chi connectivity index (χ1) is 12.2. The number of carbonyl (C=O) groups is 1. The highest BCUT2D eigenvalue weighted by atomic mass is 16.2. The minimum Gasteiger partial charge on any atom is -0.341 e. The van der Waals surface area contributed by atoms with Gasteiger partial charge in [-0.2, -0.15) is 0 Å². The van der Waals surface area contributed by atoms with Gasteiger partial charge in [-0.05, 0) is 36.2 Å². The zero-order chi connectivity index (χ0) is 17.5. The van der Waals surface area contributed by atoms with E-state index in [1.807, 2.05) is 42.5 Å². The van der Waals surface area contributed by atoms with Crippen LogP contribution in [0, 0.1) is 0 Å². The Bertz CT molecular complexity index is 806. The van der Waals surface area contributed by atoms with Crippen molar-refractivity contribution >= 4 is 17.5 Å². The van der Waals surface area contributed by atoms with Crippen LogP contribution in [0.15, 0.2) is 67.3 Å². The molecule has 1 N–H and O–H groups in total. The smallest absolute Gasteiger partial charge is 0.256 e. The fourth-order valence-electron chi connectivity index (χ4n) is 2.32. The maximum atomic E-state index is 12.4. The molecule has 1 amide bonds. The van der Waals surface area contributed by atoms with Gasteiger partial charge in [0.2, 0.25) is 5.95 Å². The van der Waals surface area contributed by atoms with Gasteiger partial charge in [-0.25, -0.2) is 9.97 Å². The summed E-state index contributed by atoms with van der Waals surface area (Å²) in [6, 6.07) is 13.5. The van der Waals surface area contributed by atoms with Crippen LogP contribution >= 0.6 is 0 Å². The van der Waals surface area contributed by atoms with Gasteiger partial charge in [0, 0.05) is 44.1 Å². The van der Waals surface area contributed by atoms with Gasteiger partial charge < -0.3 is 10.2 Å². The molecular formula is C19H19N5O. The summed E-state index contributed by atoms with van der Waals surface area (Å²) in [5.74, 6) is 0.363. The highest BCUT2D eigenvalue weighted by molar-refractivity contribution is 5.93. The molecule has 0 bridgehead atoms. The molecule has 25 heavy (non-hydrogen) atoms. The van der Waals surface area contributed by atoms with Gasteiger partial charge in [0.15, 0.2) is 0 Å². The summed E-state index contributed by atoms with van der Waals surface area (Å²) in [7, 11) is 1.78. The molecule has 0 radical (unpaired) electrons. The lowest BCUT2D eigenvalue weighted by Gasteiger charge is -2.17. The third kappa shape index (κ3) is 4.60. The molecule has 0 fully saturated rings. The Morgan fingerprint density at radius 1 is 1.04 bits per heavy atom. The van der Waals surface area contributed by atoms with Crippen LogP contribution in [0.5, 0.6) is 0 Å². The molecule has 0 atom stereocenters. The van der Waals surface area contributed by atoms with Crippen LogP contribution in [0.4, 0.5) is 11.6 Å². The number of rotatable bonds is 6. The second kappa shape index (κ2) is 8.01. The average molecular weight is 333 g/mol. The minimum absolute atomic E-state index is 0.0969. The third-order valence-corrected chi connectivity index (χ3v) is 3.76. The molecule has 3 aromatic rings. The zero-order valence-electron chi connectivity index (χ0n) is 14.0. The Morgan fingerprint density at radius 2 is 1.72 bits per heavy atom. The van der Waals surface area contributed by atoms with E-state index in [9.17, 15) is 4.79 Å². The minimum atomic E-state index is -0.0969. The van der Waals surface area contributed by atoms with Crippen molar-refractivity contribution in [3.8, 4) is 0 Å². The van der Waals surface area contributed by atoms with Crippen LogP contribution in [0.1, 0.15) is 15.9 Å². The van der Waals surface area contributed by atoms with E-state index < -0.39 is 0 Å². The number of anilines is 2. The number of likely N-dealkylation sites (N-methyl/N-ethyl adjacent to an activating group) is 1. The van der Waals surface area contributed by atoms with Crippen LogP contribution in [-0.2, 0) is 6.42 Å². The highest BCUT2D eigenvalue weighted by Gasteiger charge is 2.12. The van der Waals surface area contributed by atoms with E-state index in [0.29, 0.717) is 18.1 Å². The Morgan fingerprint density at radius 3 is 2.40 bits per heavy atom. The predicted octanol–water partition coefficient (Wildman–Crippen LogP) is 2.93. The van der Waals surface area contributed by atoms with Crippen LogP contribution in [-0.4, -0.2) is 39.4 Å². The van der Waals surface area contributed by atoms with Crippen LogP contribution in [0.25, 0.3) is 0 Å². The summed E-state index contributed by atoms with van der Waals surface area (Å²) in [4.78, 5) is 26.5. The number of aromatic nitrogens is 3. The Labute approximate surface area is 146 Å². The molecule has 1 aromatic carbocycles. The Kier molecular flexibility index (Phi) is 5.31. The molecule has 2 heterocycles. The van der Waals surface area contributed by atoms with E-state index in [0.717, 1.165) is 17.7 Å². The van der Waals surface area contributed by atoms with Crippen LogP contribution in [0.2, 0.25) is 0 Å². The number of carbonyl (C=O) groups excluding carboxylic acids is 1. The monoisotopic (exact) mass is 333 g/mol. The van der Waals surface area contributed by atoms with Crippen molar-refractivity contribution in [3.05, 3.63) is 78.4 Å². The highest BCUT2D eigenvalue weighted by Crippen LogP contribution is 2.12. The second-order valence-corrected chi connectivity index (χ2v) is 5.62. The van der Waals surface area contributed by atoms with Crippen LogP contribution < -0.4 is 5.32 Å². The van der Waals surface area contributed by atoms with Crippen molar-refractivity contribution in [2.24, 2.45) is 0 Å².